The monoisotopic (exact) mass is 230 g/mol. The zero-order valence-electron chi connectivity index (χ0n) is 9.96. The third-order valence-electron chi connectivity index (χ3n) is 3.82. The Kier molecular flexibility index (Phi) is 2.85. The molecule has 1 heterocycles. The first-order chi connectivity index (χ1) is 8.33. The first-order valence-electron chi connectivity index (χ1n) is 6.49. The molecular formula is C14H18N2O. The summed E-state index contributed by atoms with van der Waals surface area (Å²) in [5.41, 5.74) is 10.1. The van der Waals surface area contributed by atoms with E-state index in [2.05, 4.69) is 29.1 Å². The van der Waals surface area contributed by atoms with Crippen molar-refractivity contribution in [3.05, 3.63) is 34.9 Å². The molecule has 2 aliphatic rings. The summed E-state index contributed by atoms with van der Waals surface area (Å²) < 4.78 is 0. The van der Waals surface area contributed by atoms with Gasteiger partial charge in [0.25, 0.3) is 0 Å². The van der Waals surface area contributed by atoms with Crippen LogP contribution in [0.2, 0.25) is 0 Å². The normalized spacial score (nSPS) is 24.0. The Bertz CT molecular complexity index is 432. The molecule has 1 unspecified atom stereocenters. The summed E-state index contributed by atoms with van der Waals surface area (Å²) >= 11 is 0. The second-order valence-electron chi connectivity index (χ2n) is 5.02. The molecule has 0 radical (unpaired) electrons. The standard InChI is InChI=1S/C14H18N2O/c17-14-8-7-13(15-16-14)12-6-5-10-3-1-2-4-11(10)9-12/h5-6,9,13,15H,1-4,7-8H2,(H,16,17). The Hall–Kier alpha value is -1.35. The van der Waals surface area contributed by atoms with Gasteiger partial charge < -0.3 is 0 Å². The molecule has 17 heavy (non-hydrogen) atoms. The molecule has 3 heteroatoms. The average Bonchev–Trinajstić information content (AvgIpc) is 2.39. The summed E-state index contributed by atoms with van der Waals surface area (Å²) in [5, 5.41) is 0. The SMILES string of the molecule is O=C1CCC(c2ccc3c(c2)CCCC3)NN1. The number of nitrogens with one attached hydrogen (secondary N) is 2. The molecule has 2 N–H and O–H groups in total. The molecule has 1 atom stereocenters. The minimum atomic E-state index is 0.0965. The van der Waals surface area contributed by atoms with Crippen LogP contribution >= 0.6 is 0 Å². The lowest BCUT2D eigenvalue weighted by Crippen LogP contribution is -2.44. The molecule has 0 aromatic heterocycles. The van der Waals surface area contributed by atoms with Crippen molar-refractivity contribution in [2.75, 3.05) is 0 Å². The first-order valence-corrected chi connectivity index (χ1v) is 6.49. The number of amides is 1. The zero-order chi connectivity index (χ0) is 11.7. The maximum absolute atomic E-state index is 11.1. The maximum Gasteiger partial charge on any atom is 0.234 e. The van der Waals surface area contributed by atoms with E-state index in [0.717, 1.165) is 6.42 Å². The molecule has 3 nitrogen and oxygen atoms in total. The quantitative estimate of drug-likeness (QED) is 0.775. The smallest absolute Gasteiger partial charge is 0.234 e. The van der Waals surface area contributed by atoms with E-state index in [1.807, 2.05) is 0 Å². The molecule has 1 fully saturated rings. The number of rotatable bonds is 1. The highest BCUT2D eigenvalue weighted by Gasteiger charge is 2.20. The molecule has 90 valence electrons. The van der Waals surface area contributed by atoms with E-state index >= 15 is 0 Å². The van der Waals surface area contributed by atoms with Gasteiger partial charge in [-0.2, -0.15) is 0 Å². The molecule has 1 aromatic rings. The summed E-state index contributed by atoms with van der Waals surface area (Å²) in [5.74, 6) is 0.0965. The van der Waals surface area contributed by atoms with Crippen molar-refractivity contribution in [1.29, 1.82) is 0 Å². The fourth-order valence-electron chi connectivity index (χ4n) is 2.80. The number of fused-ring (bicyclic) bond motifs is 1. The van der Waals surface area contributed by atoms with Gasteiger partial charge >= 0.3 is 0 Å². The molecule has 0 saturated carbocycles. The van der Waals surface area contributed by atoms with Crippen molar-refractivity contribution >= 4 is 5.91 Å². The molecule has 1 aromatic carbocycles. The second kappa shape index (κ2) is 4.49. The van der Waals surface area contributed by atoms with E-state index in [-0.39, 0.29) is 11.9 Å². The van der Waals surface area contributed by atoms with Gasteiger partial charge in [-0.05, 0) is 48.8 Å². The lowest BCUT2D eigenvalue weighted by atomic mass is 9.88. The van der Waals surface area contributed by atoms with Crippen LogP contribution in [0.4, 0.5) is 0 Å². The highest BCUT2D eigenvalue weighted by Crippen LogP contribution is 2.27. The van der Waals surface area contributed by atoms with Crippen LogP contribution in [-0.2, 0) is 17.6 Å². The first kappa shape index (κ1) is 10.8. The van der Waals surface area contributed by atoms with Gasteiger partial charge in [0.1, 0.15) is 0 Å². The number of carbonyl (C=O) groups is 1. The second-order valence-corrected chi connectivity index (χ2v) is 5.02. The fraction of sp³-hybridized carbons (Fsp3) is 0.500. The third kappa shape index (κ3) is 2.20. The van der Waals surface area contributed by atoms with Gasteiger partial charge in [0.05, 0.1) is 6.04 Å². The fourth-order valence-corrected chi connectivity index (χ4v) is 2.80. The van der Waals surface area contributed by atoms with Crippen LogP contribution in [0.5, 0.6) is 0 Å². The minimum absolute atomic E-state index is 0.0965. The predicted octanol–water partition coefficient (Wildman–Crippen LogP) is 2.02. The molecule has 1 aliphatic heterocycles. The van der Waals surface area contributed by atoms with Crippen LogP contribution in [0.1, 0.15) is 48.4 Å². The summed E-state index contributed by atoms with van der Waals surface area (Å²) in [6, 6.07) is 7.07. The molecule has 0 bridgehead atoms. The van der Waals surface area contributed by atoms with Crippen molar-refractivity contribution in [3.8, 4) is 0 Å². The summed E-state index contributed by atoms with van der Waals surface area (Å²) in [6.07, 6.45) is 6.58. The van der Waals surface area contributed by atoms with Gasteiger partial charge in [0, 0.05) is 6.42 Å². The Morgan fingerprint density at radius 1 is 1.06 bits per heavy atom. The third-order valence-corrected chi connectivity index (χ3v) is 3.82. The van der Waals surface area contributed by atoms with Crippen molar-refractivity contribution in [2.24, 2.45) is 0 Å². The van der Waals surface area contributed by atoms with E-state index in [4.69, 9.17) is 0 Å². The number of hydrogen-bond acceptors (Lipinski definition) is 2. The largest absolute Gasteiger partial charge is 0.291 e. The number of aryl methyl sites for hydroxylation is 2. The molecule has 1 saturated heterocycles. The van der Waals surface area contributed by atoms with Gasteiger partial charge in [-0.1, -0.05) is 18.2 Å². The average molecular weight is 230 g/mol. The van der Waals surface area contributed by atoms with Crippen LogP contribution in [-0.4, -0.2) is 5.91 Å². The number of benzene rings is 1. The minimum Gasteiger partial charge on any atom is -0.291 e. The Labute approximate surface area is 102 Å². The topological polar surface area (TPSA) is 41.1 Å². The van der Waals surface area contributed by atoms with Crippen LogP contribution in [0.3, 0.4) is 0 Å². The molecule has 3 rings (SSSR count). The highest BCUT2D eigenvalue weighted by atomic mass is 16.2. The van der Waals surface area contributed by atoms with Gasteiger partial charge in [-0.25, -0.2) is 5.43 Å². The van der Waals surface area contributed by atoms with Gasteiger partial charge in [0.15, 0.2) is 0 Å². The van der Waals surface area contributed by atoms with Crippen molar-refractivity contribution in [1.82, 2.24) is 10.9 Å². The molecule has 1 aliphatic carbocycles. The van der Waals surface area contributed by atoms with Crippen LogP contribution < -0.4 is 10.9 Å². The summed E-state index contributed by atoms with van der Waals surface area (Å²) in [4.78, 5) is 11.1. The number of carbonyl (C=O) groups excluding carboxylic acids is 1. The molecule has 0 spiro atoms. The van der Waals surface area contributed by atoms with Crippen LogP contribution in [0.15, 0.2) is 18.2 Å². The maximum atomic E-state index is 11.1. The Morgan fingerprint density at radius 2 is 1.88 bits per heavy atom. The van der Waals surface area contributed by atoms with E-state index in [1.165, 1.54) is 42.4 Å². The summed E-state index contributed by atoms with van der Waals surface area (Å²) in [6.45, 7) is 0. The van der Waals surface area contributed by atoms with Crippen LogP contribution in [0.25, 0.3) is 0 Å². The predicted molar refractivity (Wildman–Crippen MR) is 66.3 cm³/mol. The lowest BCUT2D eigenvalue weighted by molar-refractivity contribution is -0.124. The Balaban J connectivity index is 1.81. The van der Waals surface area contributed by atoms with E-state index < -0.39 is 0 Å². The van der Waals surface area contributed by atoms with Gasteiger partial charge in [-0.15, -0.1) is 0 Å². The zero-order valence-corrected chi connectivity index (χ0v) is 9.96. The highest BCUT2D eigenvalue weighted by molar-refractivity contribution is 5.76. The van der Waals surface area contributed by atoms with E-state index in [0.29, 0.717) is 6.42 Å². The lowest BCUT2D eigenvalue weighted by Gasteiger charge is -2.26. The molecular weight excluding hydrogens is 212 g/mol. The van der Waals surface area contributed by atoms with Crippen molar-refractivity contribution < 1.29 is 4.79 Å². The van der Waals surface area contributed by atoms with E-state index in [1.54, 1.807) is 0 Å². The van der Waals surface area contributed by atoms with Crippen LogP contribution in [0, 0.1) is 0 Å². The number of hydrazine groups is 1. The van der Waals surface area contributed by atoms with Crippen molar-refractivity contribution in [2.45, 2.75) is 44.6 Å². The van der Waals surface area contributed by atoms with E-state index in [9.17, 15) is 4.79 Å². The van der Waals surface area contributed by atoms with Gasteiger partial charge in [0.2, 0.25) is 5.91 Å². The Morgan fingerprint density at radius 3 is 2.65 bits per heavy atom. The number of hydrogen-bond donors (Lipinski definition) is 2. The molecule has 1 amide bonds. The van der Waals surface area contributed by atoms with Crippen molar-refractivity contribution in [3.63, 3.8) is 0 Å². The summed E-state index contributed by atoms with van der Waals surface area (Å²) in [7, 11) is 0. The van der Waals surface area contributed by atoms with Gasteiger partial charge in [-0.3, -0.25) is 10.2 Å².